The minimum Gasteiger partial charge on any atom is -0.506 e. The number of fused-ring (bicyclic) bond motifs is 1. The molecule has 0 radical (unpaired) electrons. The summed E-state index contributed by atoms with van der Waals surface area (Å²) < 4.78 is 5.91. The highest BCUT2D eigenvalue weighted by Gasteiger charge is 2.25. The first kappa shape index (κ1) is 12.2. The molecular formula is C13H11BrN2O3. The molecule has 98 valence electrons. The van der Waals surface area contributed by atoms with Gasteiger partial charge in [-0.2, -0.15) is 0 Å². The van der Waals surface area contributed by atoms with Gasteiger partial charge in [-0.25, -0.2) is 0 Å². The van der Waals surface area contributed by atoms with Crippen LogP contribution >= 0.6 is 15.9 Å². The summed E-state index contributed by atoms with van der Waals surface area (Å²) in [6.45, 7) is 0. The molecule has 0 saturated heterocycles. The fraction of sp³-hybridized carbons (Fsp3) is 0.231. The van der Waals surface area contributed by atoms with E-state index in [2.05, 4.69) is 26.4 Å². The number of aromatic nitrogens is 1. The molecule has 0 unspecified atom stereocenters. The Kier molecular flexibility index (Phi) is 3.02. The summed E-state index contributed by atoms with van der Waals surface area (Å²) in [6, 6.07) is 4.83. The van der Waals surface area contributed by atoms with E-state index < -0.39 is 0 Å². The molecule has 1 aliphatic carbocycles. The summed E-state index contributed by atoms with van der Waals surface area (Å²) in [5.74, 6) is 0.445. The lowest BCUT2D eigenvalue weighted by Crippen LogP contribution is -2.14. The Morgan fingerprint density at radius 3 is 3.11 bits per heavy atom. The van der Waals surface area contributed by atoms with Gasteiger partial charge in [0.05, 0.1) is 5.69 Å². The first-order chi connectivity index (χ1) is 9.15. The topological polar surface area (TPSA) is 75.4 Å². The molecule has 6 heteroatoms. The smallest absolute Gasteiger partial charge is 0.278 e. The highest BCUT2D eigenvalue weighted by molar-refractivity contribution is 9.10. The predicted octanol–water partition coefficient (Wildman–Crippen LogP) is 2.88. The third-order valence-electron chi connectivity index (χ3n) is 3.12. The second-order valence-corrected chi connectivity index (χ2v) is 5.32. The molecule has 0 aliphatic heterocycles. The first-order valence-electron chi connectivity index (χ1n) is 5.92. The van der Waals surface area contributed by atoms with E-state index in [0.717, 1.165) is 35.1 Å². The van der Waals surface area contributed by atoms with Gasteiger partial charge in [-0.05, 0) is 31.0 Å². The number of nitrogens with zero attached hydrogens (tertiary/aromatic N) is 1. The number of aryl methyl sites for hydroxylation is 1. The third kappa shape index (κ3) is 2.23. The molecule has 0 spiro atoms. The second kappa shape index (κ2) is 4.70. The molecule has 1 heterocycles. The number of rotatable bonds is 2. The van der Waals surface area contributed by atoms with Crippen molar-refractivity contribution in [3.05, 3.63) is 39.7 Å². The normalized spacial score (nSPS) is 13.3. The van der Waals surface area contributed by atoms with Crippen LogP contribution in [0, 0.1) is 0 Å². The van der Waals surface area contributed by atoms with Crippen molar-refractivity contribution in [2.75, 3.05) is 5.32 Å². The van der Waals surface area contributed by atoms with Gasteiger partial charge in [0, 0.05) is 16.5 Å². The molecule has 3 rings (SSSR count). The Bertz CT molecular complexity index is 651. The number of benzene rings is 1. The maximum Gasteiger partial charge on any atom is 0.278 e. The van der Waals surface area contributed by atoms with E-state index in [0.29, 0.717) is 11.4 Å². The first-order valence-corrected chi connectivity index (χ1v) is 6.72. The van der Waals surface area contributed by atoms with E-state index in [1.165, 1.54) is 6.07 Å². The van der Waals surface area contributed by atoms with Gasteiger partial charge >= 0.3 is 0 Å². The highest BCUT2D eigenvalue weighted by atomic mass is 79.9. The van der Waals surface area contributed by atoms with Crippen molar-refractivity contribution < 1.29 is 14.4 Å². The van der Waals surface area contributed by atoms with Crippen molar-refractivity contribution in [1.82, 2.24) is 5.16 Å². The number of carbonyl (C=O) groups is 1. The lowest BCUT2D eigenvalue weighted by atomic mass is 10.2. The fourth-order valence-corrected chi connectivity index (χ4v) is 2.55. The van der Waals surface area contributed by atoms with E-state index >= 15 is 0 Å². The number of carbonyl (C=O) groups excluding carboxylic acids is 1. The van der Waals surface area contributed by atoms with Crippen molar-refractivity contribution >= 4 is 27.5 Å². The van der Waals surface area contributed by atoms with Crippen molar-refractivity contribution in [2.45, 2.75) is 19.3 Å². The summed E-state index contributed by atoms with van der Waals surface area (Å²) in [5, 5.41) is 16.1. The Hall–Kier alpha value is -1.82. The molecule has 1 amide bonds. The SMILES string of the molecule is O=C(Nc1cc(Br)ccc1O)c1noc2c1CCC2. The van der Waals surface area contributed by atoms with Crippen molar-refractivity contribution in [3.63, 3.8) is 0 Å². The van der Waals surface area contributed by atoms with Crippen LogP contribution < -0.4 is 5.32 Å². The van der Waals surface area contributed by atoms with Crippen LogP contribution in [0.2, 0.25) is 0 Å². The molecule has 1 aromatic carbocycles. The van der Waals surface area contributed by atoms with Crippen LogP contribution in [0.25, 0.3) is 0 Å². The molecule has 2 N–H and O–H groups in total. The fourth-order valence-electron chi connectivity index (χ4n) is 2.19. The van der Waals surface area contributed by atoms with Crippen molar-refractivity contribution in [3.8, 4) is 5.75 Å². The van der Waals surface area contributed by atoms with Gasteiger partial charge in [-0.1, -0.05) is 21.1 Å². The van der Waals surface area contributed by atoms with E-state index in [1.807, 2.05) is 0 Å². The quantitative estimate of drug-likeness (QED) is 0.833. The van der Waals surface area contributed by atoms with Gasteiger partial charge in [0.1, 0.15) is 11.5 Å². The molecule has 5 nitrogen and oxygen atoms in total. The average Bonchev–Trinajstić information content (AvgIpc) is 2.95. The van der Waals surface area contributed by atoms with Crippen molar-refractivity contribution in [1.29, 1.82) is 0 Å². The number of hydrogen-bond acceptors (Lipinski definition) is 4. The molecule has 19 heavy (non-hydrogen) atoms. The maximum absolute atomic E-state index is 12.1. The zero-order chi connectivity index (χ0) is 13.4. The zero-order valence-corrected chi connectivity index (χ0v) is 11.5. The minimum atomic E-state index is -0.361. The number of aromatic hydroxyl groups is 1. The van der Waals surface area contributed by atoms with Crippen LogP contribution in [0.1, 0.15) is 28.2 Å². The standard InChI is InChI=1S/C13H11BrN2O3/c14-7-4-5-10(17)9(6-7)15-13(18)12-8-2-1-3-11(8)19-16-12/h4-6,17H,1-3H2,(H,15,18). The molecule has 0 bridgehead atoms. The molecule has 0 saturated carbocycles. The Morgan fingerprint density at radius 2 is 2.26 bits per heavy atom. The van der Waals surface area contributed by atoms with E-state index in [9.17, 15) is 9.90 Å². The number of anilines is 1. The molecule has 2 aromatic rings. The predicted molar refractivity (Wildman–Crippen MR) is 72.3 cm³/mol. The summed E-state index contributed by atoms with van der Waals surface area (Å²) >= 11 is 3.29. The van der Waals surface area contributed by atoms with Crippen LogP contribution in [-0.4, -0.2) is 16.2 Å². The summed E-state index contributed by atoms with van der Waals surface area (Å²) in [5.41, 5.74) is 1.54. The lowest BCUT2D eigenvalue weighted by molar-refractivity contribution is 0.101. The Labute approximate surface area is 117 Å². The zero-order valence-electron chi connectivity index (χ0n) is 9.94. The molecule has 0 atom stereocenters. The monoisotopic (exact) mass is 322 g/mol. The van der Waals surface area contributed by atoms with Crippen molar-refractivity contribution in [2.24, 2.45) is 0 Å². The Balaban J connectivity index is 1.87. The van der Waals surface area contributed by atoms with Gasteiger partial charge in [-0.15, -0.1) is 0 Å². The lowest BCUT2D eigenvalue weighted by Gasteiger charge is -2.06. The van der Waals surface area contributed by atoms with Gasteiger partial charge in [0.25, 0.3) is 5.91 Å². The molecule has 0 fully saturated rings. The van der Waals surface area contributed by atoms with Gasteiger partial charge in [-0.3, -0.25) is 4.79 Å². The summed E-state index contributed by atoms with van der Waals surface area (Å²) in [6.07, 6.45) is 2.63. The summed E-state index contributed by atoms with van der Waals surface area (Å²) in [4.78, 5) is 12.1. The van der Waals surface area contributed by atoms with Gasteiger partial charge in [0.15, 0.2) is 5.69 Å². The maximum atomic E-state index is 12.1. The molecular weight excluding hydrogens is 312 g/mol. The van der Waals surface area contributed by atoms with Gasteiger partial charge in [0.2, 0.25) is 0 Å². The largest absolute Gasteiger partial charge is 0.506 e. The average molecular weight is 323 g/mol. The van der Waals surface area contributed by atoms with E-state index in [1.54, 1.807) is 12.1 Å². The van der Waals surface area contributed by atoms with Crippen LogP contribution in [0.15, 0.2) is 27.2 Å². The number of amides is 1. The van der Waals surface area contributed by atoms with E-state index in [4.69, 9.17) is 4.52 Å². The van der Waals surface area contributed by atoms with E-state index in [-0.39, 0.29) is 11.7 Å². The summed E-state index contributed by atoms with van der Waals surface area (Å²) in [7, 11) is 0. The van der Waals surface area contributed by atoms with Crippen LogP contribution in [0.3, 0.4) is 0 Å². The number of phenolic OH excluding ortho intramolecular Hbond substituents is 1. The Morgan fingerprint density at radius 1 is 1.42 bits per heavy atom. The number of hydrogen-bond donors (Lipinski definition) is 2. The molecule has 1 aromatic heterocycles. The number of nitrogens with one attached hydrogen (secondary N) is 1. The van der Waals surface area contributed by atoms with Crippen LogP contribution in [-0.2, 0) is 12.8 Å². The number of halogens is 1. The minimum absolute atomic E-state index is 0.0108. The second-order valence-electron chi connectivity index (χ2n) is 4.40. The third-order valence-corrected chi connectivity index (χ3v) is 3.62. The van der Waals surface area contributed by atoms with Crippen LogP contribution in [0.5, 0.6) is 5.75 Å². The van der Waals surface area contributed by atoms with Gasteiger partial charge < -0.3 is 14.9 Å². The molecule has 1 aliphatic rings. The number of phenols is 1. The van der Waals surface area contributed by atoms with Crippen LogP contribution in [0.4, 0.5) is 5.69 Å². The highest BCUT2D eigenvalue weighted by Crippen LogP contribution is 2.29.